The average Bonchev–Trinajstić information content (AvgIpc) is 2.46. The third-order valence-corrected chi connectivity index (χ3v) is 3.40. The number of nitro benzene ring substituents is 1. The van der Waals surface area contributed by atoms with Gasteiger partial charge in [-0.3, -0.25) is 14.9 Å². The summed E-state index contributed by atoms with van der Waals surface area (Å²) in [6, 6.07) is 13.4. The molecule has 1 aliphatic rings. The van der Waals surface area contributed by atoms with Crippen molar-refractivity contribution >= 4 is 11.7 Å². The summed E-state index contributed by atoms with van der Waals surface area (Å²) in [5.41, 5.74) is 1.71. The number of non-ortho nitro benzene ring substituents is 1. The SMILES string of the molecule is O=C1Oc2ccccc2CC1c1ccc([N+](=O)[O-])cc1. The van der Waals surface area contributed by atoms with Gasteiger partial charge in [0.1, 0.15) is 5.75 Å². The Labute approximate surface area is 115 Å². The Hall–Kier alpha value is -2.69. The van der Waals surface area contributed by atoms with Crippen LogP contribution >= 0.6 is 0 Å². The molecular formula is C15H11NO4. The molecule has 0 aliphatic carbocycles. The number of benzene rings is 2. The lowest BCUT2D eigenvalue weighted by molar-refractivity contribution is -0.384. The predicted octanol–water partition coefficient (Wildman–Crippen LogP) is 2.84. The Morgan fingerprint density at radius 2 is 1.80 bits per heavy atom. The summed E-state index contributed by atoms with van der Waals surface area (Å²) in [5, 5.41) is 10.6. The van der Waals surface area contributed by atoms with Gasteiger partial charge in [0, 0.05) is 12.1 Å². The minimum Gasteiger partial charge on any atom is -0.426 e. The van der Waals surface area contributed by atoms with Crippen molar-refractivity contribution in [2.45, 2.75) is 12.3 Å². The van der Waals surface area contributed by atoms with Gasteiger partial charge >= 0.3 is 5.97 Å². The number of nitrogens with zero attached hydrogens (tertiary/aromatic N) is 1. The minimum absolute atomic E-state index is 0.0123. The molecule has 5 heteroatoms. The van der Waals surface area contributed by atoms with Gasteiger partial charge in [0.25, 0.3) is 5.69 Å². The van der Waals surface area contributed by atoms with Gasteiger partial charge in [-0.15, -0.1) is 0 Å². The van der Waals surface area contributed by atoms with Crippen molar-refractivity contribution in [2.75, 3.05) is 0 Å². The van der Waals surface area contributed by atoms with E-state index in [1.165, 1.54) is 12.1 Å². The van der Waals surface area contributed by atoms with Crippen molar-refractivity contribution in [3.63, 3.8) is 0 Å². The van der Waals surface area contributed by atoms with E-state index >= 15 is 0 Å². The number of esters is 1. The van der Waals surface area contributed by atoms with Gasteiger partial charge < -0.3 is 4.74 Å². The molecule has 2 aromatic carbocycles. The first-order valence-corrected chi connectivity index (χ1v) is 6.19. The topological polar surface area (TPSA) is 69.4 Å². The van der Waals surface area contributed by atoms with E-state index in [9.17, 15) is 14.9 Å². The fraction of sp³-hybridized carbons (Fsp3) is 0.133. The molecular weight excluding hydrogens is 258 g/mol. The lowest BCUT2D eigenvalue weighted by Crippen LogP contribution is -2.25. The molecule has 0 saturated heterocycles. The maximum Gasteiger partial charge on any atom is 0.319 e. The van der Waals surface area contributed by atoms with Crippen LogP contribution in [0.25, 0.3) is 0 Å². The second kappa shape index (κ2) is 4.77. The monoisotopic (exact) mass is 269 g/mol. The molecule has 1 heterocycles. The Kier molecular flexibility index (Phi) is 2.95. The molecule has 0 radical (unpaired) electrons. The van der Waals surface area contributed by atoms with E-state index in [2.05, 4.69) is 0 Å². The molecule has 0 amide bonds. The fourth-order valence-corrected chi connectivity index (χ4v) is 2.34. The van der Waals surface area contributed by atoms with Crippen molar-refractivity contribution in [1.29, 1.82) is 0 Å². The van der Waals surface area contributed by atoms with Crippen LogP contribution in [0, 0.1) is 10.1 Å². The minimum atomic E-state index is -0.460. The first-order chi connectivity index (χ1) is 9.65. The average molecular weight is 269 g/mol. The molecule has 0 aromatic heterocycles. The third-order valence-electron chi connectivity index (χ3n) is 3.40. The molecule has 0 fully saturated rings. The van der Waals surface area contributed by atoms with Gasteiger partial charge in [-0.25, -0.2) is 0 Å². The molecule has 1 unspecified atom stereocenters. The Bertz CT molecular complexity index is 679. The van der Waals surface area contributed by atoms with Crippen molar-refractivity contribution in [1.82, 2.24) is 0 Å². The quantitative estimate of drug-likeness (QED) is 0.364. The van der Waals surface area contributed by atoms with Gasteiger partial charge in [0.2, 0.25) is 0 Å². The Balaban J connectivity index is 1.91. The summed E-state index contributed by atoms with van der Waals surface area (Å²) < 4.78 is 5.30. The van der Waals surface area contributed by atoms with Crippen LogP contribution in [0.5, 0.6) is 5.75 Å². The molecule has 1 atom stereocenters. The Morgan fingerprint density at radius 1 is 1.10 bits per heavy atom. The highest BCUT2D eigenvalue weighted by molar-refractivity contribution is 5.83. The number of ether oxygens (including phenoxy) is 1. The number of hydrogen-bond acceptors (Lipinski definition) is 4. The van der Waals surface area contributed by atoms with Crippen LogP contribution in [-0.4, -0.2) is 10.9 Å². The first-order valence-electron chi connectivity index (χ1n) is 6.19. The van der Waals surface area contributed by atoms with E-state index in [1.54, 1.807) is 18.2 Å². The van der Waals surface area contributed by atoms with Crippen molar-refractivity contribution in [3.8, 4) is 5.75 Å². The lowest BCUT2D eigenvalue weighted by Gasteiger charge is -2.23. The van der Waals surface area contributed by atoms with Crippen LogP contribution in [0.2, 0.25) is 0 Å². The molecule has 3 rings (SSSR count). The smallest absolute Gasteiger partial charge is 0.319 e. The highest BCUT2D eigenvalue weighted by atomic mass is 16.6. The molecule has 0 N–H and O–H groups in total. The van der Waals surface area contributed by atoms with Crippen LogP contribution in [-0.2, 0) is 11.2 Å². The van der Waals surface area contributed by atoms with Crippen molar-refractivity contribution < 1.29 is 14.5 Å². The van der Waals surface area contributed by atoms with E-state index in [0.29, 0.717) is 12.2 Å². The zero-order chi connectivity index (χ0) is 14.1. The maximum atomic E-state index is 12.0. The van der Waals surface area contributed by atoms with E-state index < -0.39 is 10.8 Å². The van der Waals surface area contributed by atoms with Gasteiger partial charge in [-0.2, -0.15) is 0 Å². The van der Waals surface area contributed by atoms with Gasteiger partial charge in [-0.05, 0) is 23.6 Å². The summed E-state index contributed by atoms with van der Waals surface area (Å²) >= 11 is 0. The van der Waals surface area contributed by atoms with E-state index in [4.69, 9.17) is 4.74 Å². The number of carbonyl (C=O) groups is 1. The molecule has 100 valence electrons. The van der Waals surface area contributed by atoms with E-state index in [0.717, 1.165) is 11.1 Å². The number of fused-ring (bicyclic) bond motifs is 1. The second-order valence-corrected chi connectivity index (χ2v) is 4.63. The zero-order valence-electron chi connectivity index (χ0n) is 10.5. The normalized spacial score (nSPS) is 17.2. The first kappa shape index (κ1) is 12.3. The summed E-state index contributed by atoms with van der Waals surface area (Å²) in [5.74, 6) is -0.140. The zero-order valence-corrected chi connectivity index (χ0v) is 10.5. The molecule has 20 heavy (non-hydrogen) atoms. The highest BCUT2D eigenvalue weighted by Gasteiger charge is 2.29. The molecule has 0 saturated carbocycles. The number of rotatable bonds is 2. The summed E-state index contributed by atoms with van der Waals surface area (Å²) in [7, 11) is 0. The summed E-state index contributed by atoms with van der Waals surface area (Å²) in [4.78, 5) is 22.2. The third kappa shape index (κ3) is 2.14. The number of nitro groups is 1. The molecule has 0 spiro atoms. The van der Waals surface area contributed by atoms with E-state index in [-0.39, 0.29) is 11.7 Å². The van der Waals surface area contributed by atoms with Crippen molar-refractivity contribution in [2.24, 2.45) is 0 Å². The van der Waals surface area contributed by atoms with Crippen LogP contribution in [0.1, 0.15) is 17.0 Å². The van der Waals surface area contributed by atoms with Crippen LogP contribution in [0.4, 0.5) is 5.69 Å². The maximum absolute atomic E-state index is 12.0. The number of hydrogen-bond donors (Lipinski definition) is 0. The summed E-state index contributed by atoms with van der Waals surface area (Å²) in [6.45, 7) is 0. The highest BCUT2D eigenvalue weighted by Crippen LogP contribution is 2.33. The van der Waals surface area contributed by atoms with Crippen LogP contribution in [0.3, 0.4) is 0 Å². The second-order valence-electron chi connectivity index (χ2n) is 4.63. The molecule has 2 aromatic rings. The molecule has 1 aliphatic heterocycles. The number of carbonyl (C=O) groups excluding carboxylic acids is 1. The van der Waals surface area contributed by atoms with Crippen LogP contribution < -0.4 is 4.74 Å². The molecule has 5 nitrogen and oxygen atoms in total. The van der Waals surface area contributed by atoms with Gasteiger partial charge in [0.05, 0.1) is 10.8 Å². The molecule has 0 bridgehead atoms. The number of para-hydroxylation sites is 1. The summed E-state index contributed by atoms with van der Waals surface area (Å²) in [6.07, 6.45) is 0.548. The van der Waals surface area contributed by atoms with Crippen molar-refractivity contribution in [3.05, 3.63) is 69.8 Å². The lowest BCUT2D eigenvalue weighted by atomic mass is 9.90. The largest absolute Gasteiger partial charge is 0.426 e. The fourth-order valence-electron chi connectivity index (χ4n) is 2.34. The van der Waals surface area contributed by atoms with Crippen LogP contribution in [0.15, 0.2) is 48.5 Å². The Morgan fingerprint density at radius 3 is 2.50 bits per heavy atom. The standard InChI is InChI=1S/C15H11NO4/c17-15-13(9-11-3-1-2-4-14(11)20-15)10-5-7-12(8-6-10)16(18)19/h1-8,13H,9H2. The van der Waals surface area contributed by atoms with Gasteiger partial charge in [0.15, 0.2) is 0 Å². The predicted molar refractivity (Wildman–Crippen MR) is 71.6 cm³/mol. The van der Waals surface area contributed by atoms with Gasteiger partial charge in [-0.1, -0.05) is 30.3 Å². The van der Waals surface area contributed by atoms with E-state index in [1.807, 2.05) is 18.2 Å².